The van der Waals surface area contributed by atoms with Crippen LogP contribution in [-0.4, -0.2) is 32.3 Å². The fraction of sp³-hybridized carbons (Fsp3) is 0.588. The summed E-state index contributed by atoms with van der Waals surface area (Å²) in [6.45, 7) is 8.88. The molecule has 1 aliphatic heterocycles. The van der Waals surface area contributed by atoms with Crippen molar-refractivity contribution >= 4 is 5.91 Å². The summed E-state index contributed by atoms with van der Waals surface area (Å²) in [6.07, 6.45) is 1.96. The lowest BCUT2D eigenvalue weighted by atomic mass is 10.0. The molecule has 0 bridgehead atoms. The maximum absolute atomic E-state index is 12.9. The number of nitrogens with zero attached hydrogens (tertiary/aromatic N) is 4. The third-order valence-corrected chi connectivity index (χ3v) is 4.74. The van der Waals surface area contributed by atoms with Crippen molar-refractivity contribution in [3.8, 4) is 0 Å². The predicted molar refractivity (Wildman–Crippen MR) is 86.3 cm³/mol. The van der Waals surface area contributed by atoms with E-state index in [2.05, 4.69) is 17.2 Å². The Balaban J connectivity index is 1.90. The Bertz CT molecular complexity index is 729. The normalized spacial score (nSPS) is 18.2. The molecule has 1 atom stereocenters. The van der Waals surface area contributed by atoms with Crippen molar-refractivity contribution in [3.05, 3.63) is 34.5 Å². The molecular weight excluding hydrogens is 292 g/mol. The van der Waals surface area contributed by atoms with Crippen LogP contribution in [0.5, 0.6) is 0 Å². The molecule has 0 aromatic carbocycles. The molecule has 1 unspecified atom stereocenters. The van der Waals surface area contributed by atoms with E-state index in [9.17, 15) is 4.79 Å². The summed E-state index contributed by atoms with van der Waals surface area (Å²) in [5, 5.41) is 8.50. The smallest absolute Gasteiger partial charge is 0.292 e. The molecule has 3 rings (SSSR count). The molecule has 0 N–H and O–H groups in total. The summed E-state index contributed by atoms with van der Waals surface area (Å²) in [4.78, 5) is 14.8. The summed E-state index contributed by atoms with van der Waals surface area (Å²) in [5.74, 6) is 0.506. The Labute approximate surface area is 136 Å². The lowest BCUT2D eigenvalue weighted by Crippen LogP contribution is -2.30. The number of carbonyl (C=O) groups excluding carboxylic acids is 1. The van der Waals surface area contributed by atoms with Crippen LogP contribution < -0.4 is 0 Å². The van der Waals surface area contributed by atoms with Gasteiger partial charge in [0.15, 0.2) is 0 Å². The van der Waals surface area contributed by atoms with Gasteiger partial charge in [0.2, 0.25) is 5.76 Å². The lowest BCUT2D eigenvalue weighted by molar-refractivity contribution is 0.0692. The second-order valence-electron chi connectivity index (χ2n) is 6.64. The van der Waals surface area contributed by atoms with Crippen LogP contribution >= 0.6 is 0 Å². The summed E-state index contributed by atoms with van der Waals surface area (Å²) in [6, 6.07) is 1.84. The average Bonchev–Trinajstić information content (AvgIpc) is 3.19. The number of rotatable bonds is 3. The molecule has 6 heteroatoms. The first-order valence-electron chi connectivity index (χ1n) is 8.17. The van der Waals surface area contributed by atoms with E-state index in [0.29, 0.717) is 5.76 Å². The predicted octanol–water partition coefficient (Wildman–Crippen LogP) is 3.13. The lowest BCUT2D eigenvalue weighted by Gasteiger charge is -2.24. The van der Waals surface area contributed by atoms with Gasteiger partial charge >= 0.3 is 0 Å². The van der Waals surface area contributed by atoms with Crippen molar-refractivity contribution in [3.63, 3.8) is 0 Å². The molecule has 0 spiro atoms. The Kier molecular flexibility index (Phi) is 4.00. The molecule has 1 amide bonds. The average molecular weight is 316 g/mol. The molecule has 1 saturated heterocycles. The van der Waals surface area contributed by atoms with Gasteiger partial charge in [-0.25, -0.2) is 0 Å². The topological polar surface area (TPSA) is 64.2 Å². The van der Waals surface area contributed by atoms with E-state index >= 15 is 0 Å². The minimum absolute atomic E-state index is 0.0730. The van der Waals surface area contributed by atoms with Gasteiger partial charge in [-0.15, -0.1) is 0 Å². The number of likely N-dealkylation sites (tertiary alicyclic amines) is 1. The fourth-order valence-electron chi connectivity index (χ4n) is 3.39. The van der Waals surface area contributed by atoms with Crippen LogP contribution in [0.15, 0.2) is 10.6 Å². The van der Waals surface area contributed by atoms with Gasteiger partial charge in [-0.2, -0.15) is 5.10 Å². The minimum Gasteiger partial charge on any atom is -0.351 e. The molecule has 0 aliphatic carbocycles. The van der Waals surface area contributed by atoms with E-state index in [-0.39, 0.29) is 17.9 Å². The van der Waals surface area contributed by atoms with E-state index in [0.717, 1.165) is 36.5 Å². The van der Waals surface area contributed by atoms with Gasteiger partial charge in [-0.1, -0.05) is 19.0 Å². The number of carbonyl (C=O) groups is 1. The highest BCUT2D eigenvalue weighted by atomic mass is 16.5. The summed E-state index contributed by atoms with van der Waals surface area (Å²) >= 11 is 0. The van der Waals surface area contributed by atoms with Gasteiger partial charge in [-0.05, 0) is 32.6 Å². The molecule has 124 valence electrons. The molecule has 6 nitrogen and oxygen atoms in total. The number of hydrogen-bond acceptors (Lipinski definition) is 4. The molecule has 0 radical (unpaired) electrons. The molecule has 23 heavy (non-hydrogen) atoms. The highest BCUT2D eigenvalue weighted by Crippen LogP contribution is 2.36. The maximum atomic E-state index is 12.9. The Morgan fingerprint density at radius 2 is 2.13 bits per heavy atom. The van der Waals surface area contributed by atoms with E-state index < -0.39 is 0 Å². The first-order chi connectivity index (χ1) is 10.9. The van der Waals surface area contributed by atoms with Crippen molar-refractivity contribution in [2.75, 3.05) is 6.54 Å². The molecule has 2 aromatic rings. The maximum Gasteiger partial charge on any atom is 0.292 e. The molecule has 1 aliphatic rings. The van der Waals surface area contributed by atoms with Crippen LogP contribution in [0.1, 0.15) is 71.8 Å². The van der Waals surface area contributed by atoms with Gasteiger partial charge in [0.05, 0.1) is 17.4 Å². The van der Waals surface area contributed by atoms with Crippen molar-refractivity contribution in [2.45, 2.75) is 52.5 Å². The van der Waals surface area contributed by atoms with E-state index in [1.165, 1.54) is 5.56 Å². The minimum atomic E-state index is -0.0745. The van der Waals surface area contributed by atoms with Crippen LogP contribution in [-0.2, 0) is 7.05 Å². The quantitative estimate of drug-likeness (QED) is 0.872. The van der Waals surface area contributed by atoms with Crippen LogP contribution in [0, 0.1) is 13.8 Å². The van der Waals surface area contributed by atoms with Crippen LogP contribution in [0.3, 0.4) is 0 Å². The van der Waals surface area contributed by atoms with E-state index in [1.807, 2.05) is 37.4 Å². The molecule has 1 fully saturated rings. The molecular formula is C17H24N4O2. The third-order valence-electron chi connectivity index (χ3n) is 4.74. The van der Waals surface area contributed by atoms with Crippen molar-refractivity contribution < 1.29 is 9.32 Å². The molecule has 2 aromatic heterocycles. The highest BCUT2D eigenvalue weighted by Gasteiger charge is 2.35. The van der Waals surface area contributed by atoms with Gasteiger partial charge in [0, 0.05) is 30.9 Å². The Morgan fingerprint density at radius 3 is 2.70 bits per heavy atom. The SMILES string of the molecule is Cc1nn(C)c(C)c1C1CCCN1C(=O)c1cc(C(C)C)no1. The van der Waals surface area contributed by atoms with E-state index in [1.54, 1.807) is 6.07 Å². The Hall–Kier alpha value is -2.11. The molecule has 0 saturated carbocycles. The van der Waals surface area contributed by atoms with Gasteiger partial charge in [0.25, 0.3) is 5.91 Å². The second kappa shape index (κ2) is 5.83. The zero-order chi connectivity index (χ0) is 16.7. The second-order valence-corrected chi connectivity index (χ2v) is 6.64. The Morgan fingerprint density at radius 1 is 1.39 bits per heavy atom. The van der Waals surface area contributed by atoms with Gasteiger partial charge in [0.1, 0.15) is 0 Å². The number of amides is 1. The van der Waals surface area contributed by atoms with E-state index in [4.69, 9.17) is 4.52 Å². The van der Waals surface area contributed by atoms with Crippen molar-refractivity contribution in [2.24, 2.45) is 7.05 Å². The zero-order valence-electron chi connectivity index (χ0n) is 14.5. The first kappa shape index (κ1) is 15.8. The van der Waals surface area contributed by atoms with Gasteiger partial charge in [-0.3, -0.25) is 9.48 Å². The largest absolute Gasteiger partial charge is 0.351 e. The van der Waals surface area contributed by atoms with Gasteiger partial charge < -0.3 is 9.42 Å². The fourth-order valence-corrected chi connectivity index (χ4v) is 3.39. The third kappa shape index (κ3) is 2.66. The summed E-state index contributed by atoms with van der Waals surface area (Å²) < 4.78 is 7.17. The standard InChI is InChI=1S/C17H24N4O2/c1-10(2)13-9-15(23-19-13)17(22)21-8-6-7-14(21)16-11(3)18-20(5)12(16)4/h9-10,14H,6-8H2,1-5H3. The summed E-state index contributed by atoms with van der Waals surface area (Å²) in [7, 11) is 1.94. The highest BCUT2D eigenvalue weighted by molar-refractivity contribution is 5.92. The number of hydrogen-bond donors (Lipinski definition) is 0. The van der Waals surface area contributed by atoms with Crippen LogP contribution in [0.25, 0.3) is 0 Å². The van der Waals surface area contributed by atoms with Crippen molar-refractivity contribution in [1.82, 2.24) is 19.8 Å². The van der Waals surface area contributed by atoms with Crippen LogP contribution in [0.4, 0.5) is 0 Å². The van der Waals surface area contributed by atoms with Crippen molar-refractivity contribution in [1.29, 1.82) is 0 Å². The zero-order valence-corrected chi connectivity index (χ0v) is 14.5. The number of aromatic nitrogens is 3. The first-order valence-corrected chi connectivity index (χ1v) is 8.17. The number of aryl methyl sites for hydroxylation is 2. The van der Waals surface area contributed by atoms with Crippen LogP contribution in [0.2, 0.25) is 0 Å². The summed E-state index contributed by atoms with van der Waals surface area (Å²) in [5.41, 5.74) is 4.10. The molecule has 3 heterocycles. The monoisotopic (exact) mass is 316 g/mol.